The number of aryl methyl sites for hydroxylation is 2. The number of amides is 1. The zero-order valence-corrected chi connectivity index (χ0v) is 9.52. The van der Waals surface area contributed by atoms with Gasteiger partial charge in [-0.3, -0.25) is 10.1 Å². The third-order valence-corrected chi connectivity index (χ3v) is 2.28. The van der Waals surface area contributed by atoms with Crippen LogP contribution in [0.4, 0.5) is 11.7 Å². The molecule has 0 aliphatic carbocycles. The fraction of sp³-hybridized carbons (Fsp3) is 0.182. The summed E-state index contributed by atoms with van der Waals surface area (Å²) in [6.07, 6.45) is 0. The number of hydrogen-bond acceptors (Lipinski definition) is 5. The van der Waals surface area contributed by atoms with Crippen LogP contribution < -0.4 is 11.1 Å². The highest BCUT2D eigenvalue weighted by Gasteiger charge is 2.10. The lowest BCUT2D eigenvalue weighted by Gasteiger charge is -2.03. The molecule has 1 amide bonds. The van der Waals surface area contributed by atoms with E-state index in [1.165, 1.54) is 0 Å². The first-order valence-electron chi connectivity index (χ1n) is 5.04. The molecule has 0 aliphatic heterocycles. The summed E-state index contributed by atoms with van der Waals surface area (Å²) in [4.78, 5) is 15.7. The van der Waals surface area contributed by atoms with Crippen LogP contribution >= 0.6 is 0 Å². The van der Waals surface area contributed by atoms with Crippen LogP contribution in [-0.2, 0) is 0 Å². The Bertz CT molecular complexity index is 562. The van der Waals surface area contributed by atoms with Gasteiger partial charge in [0, 0.05) is 11.3 Å². The van der Waals surface area contributed by atoms with Crippen molar-refractivity contribution in [2.24, 2.45) is 0 Å². The van der Waals surface area contributed by atoms with E-state index in [1.807, 2.05) is 6.92 Å². The Morgan fingerprint density at radius 3 is 2.76 bits per heavy atom. The van der Waals surface area contributed by atoms with Gasteiger partial charge in [-0.1, -0.05) is 5.16 Å². The van der Waals surface area contributed by atoms with Crippen molar-refractivity contribution < 1.29 is 9.32 Å². The van der Waals surface area contributed by atoms with Crippen LogP contribution in [0.3, 0.4) is 0 Å². The van der Waals surface area contributed by atoms with E-state index in [0.717, 1.165) is 5.56 Å². The van der Waals surface area contributed by atoms with E-state index in [1.54, 1.807) is 25.1 Å². The van der Waals surface area contributed by atoms with Crippen molar-refractivity contribution in [2.75, 3.05) is 11.1 Å². The SMILES string of the molecule is Cc1noc(NC(=O)c2ccc(N)c(C)c2)n1. The maximum absolute atomic E-state index is 11.8. The molecule has 1 heterocycles. The van der Waals surface area contributed by atoms with E-state index in [-0.39, 0.29) is 11.9 Å². The average molecular weight is 232 g/mol. The molecular formula is C11H12N4O2. The summed E-state index contributed by atoms with van der Waals surface area (Å²) in [5.41, 5.74) is 7.66. The molecule has 0 spiro atoms. The van der Waals surface area contributed by atoms with E-state index in [4.69, 9.17) is 10.3 Å². The topological polar surface area (TPSA) is 94.0 Å². The van der Waals surface area contributed by atoms with Gasteiger partial charge in [-0.05, 0) is 37.6 Å². The highest BCUT2D eigenvalue weighted by atomic mass is 16.5. The molecule has 6 nitrogen and oxygen atoms in total. The Morgan fingerprint density at radius 1 is 1.41 bits per heavy atom. The first-order valence-corrected chi connectivity index (χ1v) is 5.04. The highest BCUT2D eigenvalue weighted by Crippen LogP contribution is 2.14. The zero-order valence-electron chi connectivity index (χ0n) is 9.52. The Morgan fingerprint density at radius 2 is 2.18 bits per heavy atom. The number of nitrogens with one attached hydrogen (secondary N) is 1. The molecule has 0 aliphatic rings. The van der Waals surface area contributed by atoms with Crippen molar-refractivity contribution in [1.29, 1.82) is 0 Å². The number of aromatic nitrogens is 2. The van der Waals surface area contributed by atoms with Crippen LogP contribution in [0.5, 0.6) is 0 Å². The number of nitrogens with zero attached hydrogens (tertiary/aromatic N) is 2. The number of carbonyl (C=O) groups excluding carboxylic acids is 1. The quantitative estimate of drug-likeness (QED) is 0.765. The first-order chi connectivity index (χ1) is 8.06. The smallest absolute Gasteiger partial charge is 0.328 e. The minimum Gasteiger partial charge on any atom is -0.399 e. The van der Waals surface area contributed by atoms with E-state index < -0.39 is 0 Å². The van der Waals surface area contributed by atoms with Crippen molar-refractivity contribution in [3.8, 4) is 0 Å². The van der Waals surface area contributed by atoms with Crippen LogP contribution in [0, 0.1) is 13.8 Å². The van der Waals surface area contributed by atoms with Crippen molar-refractivity contribution in [1.82, 2.24) is 10.1 Å². The zero-order chi connectivity index (χ0) is 12.4. The van der Waals surface area contributed by atoms with Gasteiger partial charge in [-0.2, -0.15) is 4.98 Å². The molecule has 17 heavy (non-hydrogen) atoms. The van der Waals surface area contributed by atoms with Gasteiger partial charge in [-0.25, -0.2) is 0 Å². The van der Waals surface area contributed by atoms with Crippen molar-refractivity contribution in [2.45, 2.75) is 13.8 Å². The molecule has 1 aromatic carbocycles. The minimum atomic E-state index is -0.309. The third-order valence-electron chi connectivity index (χ3n) is 2.28. The summed E-state index contributed by atoms with van der Waals surface area (Å²) >= 11 is 0. The van der Waals surface area contributed by atoms with Gasteiger partial charge in [0.2, 0.25) is 0 Å². The van der Waals surface area contributed by atoms with Crippen LogP contribution in [0.25, 0.3) is 0 Å². The van der Waals surface area contributed by atoms with Gasteiger partial charge in [0.05, 0.1) is 0 Å². The normalized spacial score (nSPS) is 10.2. The Kier molecular flexibility index (Phi) is 2.78. The van der Waals surface area contributed by atoms with E-state index in [2.05, 4.69) is 15.5 Å². The van der Waals surface area contributed by atoms with Crippen LogP contribution in [0.15, 0.2) is 22.7 Å². The van der Waals surface area contributed by atoms with Crippen molar-refractivity contribution >= 4 is 17.6 Å². The average Bonchev–Trinajstić information content (AvgIpc) is 2.68. The monoisotopic (exact) mass is 232 g/mol. The Balaban J connectivity index is 2.17. The summed E-state index contributed by atoms with van der Waals surface area (Å²) in [7, 11) is 0. The largest absolute Gasteiger partial charge is 0.399 e. The number of hydrogen-bond donors (Lipinski definition) is 2. The maximum Gasteiger partial charge on any atom is 0.328 e. The summed E-state index contributed by atoms with van der Waals surface area (Å²) in [5.74, 6) is 0.158. The molecule has 0 saturated heterocycles. The summed E-state index contributed by atoms with van der Waals surface area (Å²) < 4.78 is 4.79. The Labute approximate surface area is 97.8 Å². The molecule has 0 saturated carbocycles. The number of nitrogens with two attached hydrogens (primary N) is 1. The number of nitrogen functional groups attached to an aromatic ring is 1. The molecular weight excluding hydrogens is 220 g/mol. The molecule has 3 N–H and O–H groups in total. The molecule has 1 aromatic heterocycles. The Hall–Kier alpha value is -2.37. The summed E-state index contributed by atoms with van der Waals surface area (Å²) in [6, 6.07) is 5.11. The second-order valence-corrected chi connectivity index (χ2v) is 3.67. The van der Waals surface area contributed by atoms with Crippen LogP contribution in [0.2, 0.25) is 0 Å². The standard InChI is InChI=1S/C11H12N4O2/c1-6-5-8(3-4-9(6)12)10(16)14-11-13-7(2)15-17-11/h3-5H,12H2,1-2H3,(H,13,14,15,16). The fourth-order valence-corrected chi connectivity index (χ4v) is 1.33. The third kappa shape index (κ3) is 2.41. The lowest BCUT2D eigenvalue weighted by atomic mass is 10.1. The molecule has 6 heteroatoms. The lowest BCUT2D eigenvalue weighted by molar-refractivity contribution is 0.102. The number of anilines is 2. The van der Waals surface area contributed by atoms with Crippen molar-refractivity contribution in [3.05, 3.63) is 35.2 Å². The molecule has 88 valence electrons. The molecule has 2 aromatic rings. The second-order valence-electron chi connectivity index (χ2n) is 3.67. The van der Waals surface area contributed by atoms with Gasteiger partial charge < -0.3 is 10.3 Å². The van der Waals surface area contributed by atoms with Gasteiger partial charge in [0.15, 0.2) is 5.82 Å². The maximum atomic E-state index is 11.8. The highest BCUT2D eigenvalue weighted by molar-refractivity contribution is 6.03. The number of benzene rings is 1. The lowest BCUT2D eigenvalue weighted by Crippen LogP contribution is -2.12. The molecule has 2 rings (SSSR count). The predicted octanol–water partition coefficient (Wildman–Crippen LogP) is 1.52. The number of rotatable bonds is 2. The van der Waals surface area contributed by atoms with E-state index in [0.29, 0.717) is 17.1 Å². The van der Waals surface area contributed by atoms with E-state index >= 15 is 0 Å². The van der Waals surface area contributed by atoms with Crippen LogP contribution in [0.1, 0.15) is 21.7 Å². The molecule has 0 fully saturated rings. The fourth-order valence-electron chi connectivity index (χ4n) is 1.33. The molecule has 0 unspecified atom stereocenters. The van der Waals surface area contributed by atoms with Gasteiger partial charge in [0.1, 0.15) is 0 Å². The first kappa shape index (κ1) is 11.1. The van der Waals surface area contributed by atoms with Crippen LogP contribution in [-0.4, -0.2) is 16.0 Å². The predicted molar refractivity (Wildman–Crippen MR) is 62.6 cm³/mol. The second kappa shape index (κ2) is 4.25. The summed E-state index contributed by atoms with van der Waals surface area (Å²) in [6.45, 7) is 3.51. The van der Waals surface area contributed by atoms with Gasteiger partial charge >= 0.3 is 6.01 Å². The summed E-state index contributed by atoms with van der Waals surface area (Å²) in [5, 5.41) is 6.08. The molecule has 0 atom stereocenters. The van der Waals surface area contributed by atoms with E-state index in [9.17, 15) is 4.79 Å². The minimum absolute atomic E-state index is 0.0852. The molecule has 0 radical (unpaired) electrons. The van der Waals surface area contributed by atoms with Gasteiger partial charge in [0.25, 0.3) is 5.91 Å². The number of carbonyl (C=O) groups is 1. The molecule has 0 bridgehead atoms. The van der Waals surface area contributed by atoms with Gasteiger partial charge in [-0.15, -0.1) is 0 Å². The van der Waals surface area contributed by atoms with Crippen molar-refractivity contribution in [3.63, 3.8) is 0 Å².